The summed E-state index contributed by atoms with van der Waals surface area (Å²) >= 11 is 0. The zero-order valence-electron chi connectivity index (χ0n) is 19.8. The van der Waals surface area contributed by atoms with E-state index in [1.54, 1.807) is 0 Å². The van der Waals surface area contributed by atoms with E-state index in [1.165, 1.54) is 0 Å². The third kappa shape index (κ3) is 6.07. The van der Waals surface area contributed by atoms with Gasteiger partial charge in [0.2, 0.25) is 0 Å². The number of allylic oxidation sites excluding steroid dienone is 9. The molecule has 1 aliphatic carbocycles. The first-order chi connectivity index (χ1) is 13.8. The number of carbonyl (C=O) groups is 2. The third-order valence-corrected chi connectivity index (χ3v) is 5.21. The number of aliphatic hydroxyl groups is 1. The summed E-state index contributed by atoms with van der Waals surface area (Å²) in [4.78, 5) is 26.6. The maximum Gasteiger partial charge on any atom is 0.180 e. The van der Waals surface area contributed by atoms with E-state index in [0.29, 0.717) is 0 Å². The first kappa shape index (κ1) is 25.7. The van der Waals surface area contributed by atoms with Crippen molar-refractivity contribution in [1.29, 1.82) is 0 Å². The van der Waals surface area contributed by atoms with Gasteiger partial charge >= 0.3 is 0 Å². The molecule has 4 heteroatoms. The maximum atomic E-state index is 13.7. The molecule has 1 rings (SSSR count). The van der Waals surface area contributed by atoms with Crippen LogP contribution in [0.3, 0.4) is 0 Å². The molecule has 0 unspecified atom stereocenters. The van der Waals surface area contributed by atoms with E-state index < -0.39 is 22.7 Å². The van der Waals surface area contributed by atoms with Crippen LogP contribution >= 0.6 is 0 Å². The highest BCUT2D eigenvalue weighted by atomic mass is 16.3. The van der Waals surface area contributed by atoms with Crippen molar-refractivity contribution in [2.24, 2.45) is 11.3 Å². The van der Waals surface area contributed by atoms with Crippen LogP contribution in [0, 0.1) is 11.3 Å². The van der Waals surface area contributed by atoms with Crippen molar-refractivity contribution < 1.29 is 19.8 Å². The lowest BCUT2D eigenvalue weighted by molar-refractivity contribution is -0.299. The van der Waals surface area contributed by atoms with Gasteiger partial charge < -0.3 is 10.2 Å². The summed E-state index contributed by atoms with van der Waals surface area (Å²) in [7, 11) is 0. The molecule has 0 bridgehead atoms. The largest absolute Gasteiger partial charge is 0.872 e. The summed E-state index contributed by atoms with van der Waals surface area (Å²) in [5.41, 5.74) is 1.56. The van der Waals surface area contributed by atoms with E-state index in [0.717, 1.165) is 16.7 Å². The highest BCUT2D eigenvalue weighted by molar-refractivity contribution is 6.24. The number of ketones is 2. The topological polar surface area (TPSA) is 77.4 Å². The van der Waals surface area contributed by atoms with Crippen LogP contribution in [-0.4, -0.2) is 16.7 Å². The minimum absolute atomic E-state index is 0.0244. The molecule has 0 saturated carbocycles. The maximum absolute atomic E-state index is 13.7. The molecule has 30 heavy (non-hydrogen) atoms. The first-order valence-electron chi connectivity index (χ1n) is 10.7. The minimum atomic E-state index is -1.32. The number of aliphatic hydroxyl groups excluding tert-OH is 1. The molecule has 0 aromatic rings. The lowest BCUT2D eigenvalue weighted by Crippen LogP contribution is -2.42. The molecule has 0 radical (unpaired) electrons. The predicted octanol–water partition coefficient (Wildman–Crippen LogP) is 5.67. The van der Waals surface area contributed by atoms with Gasteiger partial charge in [-0.1, -0.05) is 54.6 Å². The molecule has 166 valence electrons. The Labute approximate surface area is 181 Å². The Morgan fingerprint density at radius 3 is 1.83 bits per heavy atom. The molecule has 0 heterocycles. The Bertz CT molecular complexity index is 812. The summed E-state index contributed by atoms with van der Waals surface area (Å²) in [5.74, 6) is -1.76. The summed E-state index contributed by atoms with van der Waals surface area (Å²) in [5, 5.41) is 24.5. The van der Waals surface area contributed by atoms with Crippen LogP contribution in [0.2, 0.25) is 0 Å². The highest BCUT2D eigenvalue weighted by Gasteiger charge is 2.47. The standard InChI is InChI=1S/C26H38O4/c1-16(2)9-10-20-23(28)22(21(27)15-19(7)8)25(30)26(24(20)29,13-11-17(3)4)14-12-18(5)6/h9,11-12,19,28-29H,10,13-15H2,1-8H3/p-1. The number of Topliss-reactive ketones (excluding diaryl/α,β-unsaturated/α-hetero) is 2. The summed E-state index contributed by atoms with van der Waals surface area (Å²) in [6.45, 7) is 15.3. The van der Waals surface area contributed by atoms with Gasteiger partial charge in [-0.15, -0.1) is 0 Å². The van der Waals surface area contributed by atoms with Gasteiger partial charge in [-0.2, -0.15) is 0 Å². The highest BCUT2D eigenvalue weighted by Crippen LogP contribution is 2.46. The van der Waals surface area contributed by atoms with Crippen molar-refractivity contribution in [3.05, 3.63) is 57.6 Å². The molecule has 4 nitrogen and oxygen atoms in total. The smallest absolute Gasteiger partial charge is 0.180 e. The van der Waals surface area contributed by atoms with Gasteiger partial charge in [0.15, 0.2) is 11.6 Å². The average molecular weight is 414 g/mol. The van der Waals surface area contributed by atoms with Gasteiger partial charge in [0.25, 0.3) is 0 Å². The molecule has 0 aliphatic heterocycles. The molecular formula is C26H37O4-. The number of carbonyl (C=O) groups excluding carboxylic acids is 2. The second-order valence-corrected chi connectivity index (χ2v) is 9.42. The Morgan fingerprint density at radius 1 is 0.967 bits per heavy atom. The fourth-order valence-corrected chi connectivity index (χ4v) is 3.44. The molecular weight excluding hydrogens is 376 g/mol. The van der Waals surface area contributed by atoms with Crippen LogP contribution in [0.25, 0.3) is 0 Å². The quantitative estimate of drug-likeness (QED) is 0.390. The van der Waals surface area contributed by atoms with E-state index in [-0.39, 0.29) is 48.5 Å². The number of hydrogen-bond donors (Lipinski definition) is 1. The fraction of sp³-hybridized carbons (Fsp3) is 0.538. The van der Waals surface area contributed by atoms with Gasteiger partial charge in [-0.3, -0.25) is 9.59 Å². The van der Waals surface area contributed by atoms with Crippen molar-refractivity contribution in [1.82, 2.24) is 0 Å². The summed E-state index contributed by atoms with van der Waals surface area (Å²) in [6, 6.07) is 0. The zero-order chi connectivity index (χ0) is 23.2. The predicted molar refractivity (Wildman–Crippen MR) is 121 cm³/mol. The Kier molecular flexibility index (Phi) is 9.08. The van der Waals surface area contributed by atoms with Crippen LogP contribution in [0.15, 0.2) is 57.6 Å². The SMILES string of the molecule is CC(C)=CCC1=C(O)C(CC=C(C)C)(CC=C(C)C)C(=O)C(C(=O)CC(C)C)=C1[O-]. The van der Waals surface area contributed by atoms with E-state index in [1.807, 2.05) is 73.6 Å². The lowest BCUT2D eigenvalue weighted by atomic mass is 9.66. The third-order valence-electron chi connectivity index (χ3n) is 5.21. The molecule has 1 N–H and O–H groups in total. The van der Waals surface area contributed by atoms with E-state index >= 15 is 0 Å². The van der Waals surface area contributed by atoms with Crippen LogP contribution in [0.5, 0.6) is 0 Å². The fourth-order valence-electron chi connectivity index (χ4n) is 3.44. The molecule has 0 atom stereocenters. The van der Waals surface area contributed by atoms with Gasteiger partial charge in [0.05, 0.1) is 11.0 Å². The average Bonchev–Trinajstić information content (AvgIpc) is 2.60. The van der Waals surface area contributed by atoms with Gasteiger partial charge in [0.1, 0.15) is 5.76 Å². The van der Waals surface area contributed by atoms with Gasteiger partial charge in [0, 0.05) is 6.42 Å². The summed E-state index contributed by atoms with van der Waals surface area (Å²) in [6.07, 6.45) is 6.45. The van der Waals surface area contributed by atoms with Gasteiger partial charge in [-0.05, 0) is 72.3 Å². The van der Waals surface area contributed by atoms with E-state index in [2.05, 4.69) is 0 Å². The van der Waals surface area contributed by atoms with Crippen LogP contribution in [0.4, 0.5) is 0 Å². The monoisotopic (exact) mass is 413 g/mol. The molecule has 0 spiro atoms. The Morgan fingerprint density at radius 2 is 1.43 bits per heavy atom. The molecule has 0 aromatic carbocycles. The van der Waals surface area contributed by atoms with Gasteiger partial charge in [-0.25, -0.2) is 0 Å². The number of rotatable bonds is 9. The zero-order valence-corrected chi connectivity index (χ0v) is 19.8. The summed E-state index contributed by atoms with van der Waals surface area (Å²) < 4.78 is 0. The lowest BCUT2D eigenvalue weighted by Gasteiger charge is -2.39. The van der Waals surface area contributed by atoms with Crippen molar-refractivity contribution >= 4 is 11.6 Å². The molecule has 0 fully saturated rings. The Balaban J connectivity index is 3.82. The van der Waals surface area contributed by atoms with Crippen molar-refractivity contribution in [3.8, 4) is 0 Å². The van der Waals surface area contributed by atoms with Crippen molar-refractivity contribution in [2.75, 3.05) is 0 Å². The van der Waals surface area contributed by atoms with Crippen LogP contribution < -0.4 is 5.11 Å². The second kappa shape index (κ2) is 10.6. The van der Waals surface area contributed by atoms with E-state index in [9.17, 15) is 19.8 Å². The van der Waals surface area contributed by atoms with Crippen molar-refractivity contribution in [2.45, 2.75) is 81.1 Å². The number of hydrogen-bond acceptors (Lipinski definition) is 4. The first-order valence-corrected chi connectivity index (χ1v) is 10.7. The Hall–Kier alpha value is -2.36. The normalized spacial score (nSPS) is 16.0. The molecule has 0 aromatic heterocycles. The molecule has 0 saturated heterocycles. The second-order valence-electron chi connectivity index (χ2n) is 9.42. The van der Waals surface area contributed by atoms with E-state index in [4.69, 9.17) is 0 Å². The minimum Gasteiger partial charge on any atom is -0.872 e. The molecule has 1 aliphatic rings. The van der Waals surface area contributed by atoms with Crippen LogP contribution in [0.1, 0.15) is 81.1 Å². The van der Waals surface area contributed by atoms with Crippen LogP contribution in [-0.2, 0) is 9.59 Å². The van der Waals surface area contributed by atoms with Crippen molar-refractivity contribution in [3.63, 3.8) is 0 Å². The molecule has 0 amide bonds.